The molecule has 0 aliphatic heterocycles. The van der Waals surface area contributed by atoms with E-state index >= 15 is 0 Å². The molecule has 0 saturated heterocycles. The number of nitrogens with one attached hydrogen (secondary N) is 1. The van der Waals surface area contributed by atoms with Crippen molar-refractivity contribution in [2.24, 2.45) is 0 Å². The molecule has 0 spiro atoms. The average molecular weight is 369 g/mol. The number of aromatic nitrogens is 2. The SMILES string of the molecule is Cc1ccc2cccc(NC(=O)c3nc(-c4ccccc4)oc3C3CC3)c2n1. The molecule has 5 nitrogen and oxygen atoms in total. The van der Waals surface area contributed by atoms with Crippen LogP contribution in [0.5, 0.6) is 0 Å². The maximum atomic E-state index is 13.1. The molecule has 4 aromatic rings. The number of carbonyl (C=O) groups is 1. The minimum atomic E-state index is -0.261. The van der Waals surface area contributed by atoms with E-state index in [1.165, 1.54) is 0 Å². The van der Waals surface area contributed by atoms with Gasteiger partial charge in [-0.3, -0.25) is 9.78 Å². The number of fused-ring (bicyclic) bond motifs is 1. The van der Waals surface area contributed by atoms with E-state index in [9.17, 15) is 4.79 Å². The first kappa shape index (κ1) is 16.7. The summed E-state index contributed by atoms with van der Waals surface area (Å²) in [5.74, 6) is 1.18. The molecule has 0 atom stereocenters. The number of nitrogens with zero attached hydrogens (tertiary/aromatic N) is 2. The van der Waals surface area contributed by atoms with E-state index in [0.29, 0.717) is 23.0 Å². The van der Waals surface area contributed by atoms with Crippen LogP contribution in [-0.4, -0.2) is 15.9 Å². The molecule has 1 aliphatic carbocycles. The summed E-state index contributed by atoms with van der Waals surface area (Å²) < 4.78 is 6.00. The largest absolute Gasteiger partial charge is 0.440 e. The predicted molar refractivity (Wildman–Crippen MR) is 108 cm³/mol. The lowest BCUT2D eigenvalue weighted by Crippen LogP contribution is -2.14. The number of aryl methyl sites for hydroxylation is 1. The van der Waals surface area contributed by atoms with Crippen molar-refractivity contribution in [2.45, 2.75) is 25.7 Å². The van der Waals surface area contributed by atoms with Gasteiger partial charge in [-0.1, -0.05) is 36.4 Å². The molecule has 5 heteroatoms. The van der Waals surface area contributed by atoms with E-state index < -0.39 is 0 Å². The second-order valence-electron chi connectivity index (χ2n) is 7.16. The van der Waals surface area contributed by atoms with Crippen LogP contribution < -0.4 is 5.32 Å². The van der Waals surface area contributed by atoms with E-state index in [2.05, 4.69) is 15.3 Å². The van der Waals surface area contributed by atoms with Crippen molar-refractivity contribution in [3.63, 3.8) is 0 Å². The zero-order valence-electron chi connectivity index (χ0n) is 15.5. The van der Waals surface area contributed by atoms with Gasteiger partial charge in [0.15, 0.2) is 5.69 Å². The number of benzene rings is 2. The van der Waals surface area contributed by atoms with Gasteiger partial charge in [-0.2, -0.15) is 0 Å². The Kier molecular flexibility index (Phi) is 3.93. The number of carbonyl (C=O) groups excluding carboxylic acids is 1. The molecule has 1 saturated carbocycles. The normalized spacial score (nSPS) is 13.6. The molecule has 5 rings (SSSR count). The van der Waals surface area contributed by atoms with Gasteiger partial charge in [-0.25, -0.2) is 4.98 Å². The van der Waals surface area contributed by atoms with E-state index in [4.69, 9.17) is 4.42 Å². The molecule has 138 valence electrons. The van der Waals surface area contributed by atoms with Crippen LogP contribution >= 0.6 is 0 Å². The second kappa shape index (κ2) is 6.60. The van der Waals surface area contributed by atoms with Crippen molar-refractivity contribution in [1.82, 2.24) is 9.97 Å². The van der Waals surface area contributed by atoms with Crippen LogP contribution in [0.4, 0.5) is 5.69 Å². The molecule has 28 heavy (non-hydrogen) atoms. The van der Waals surface area contributed by atoms with E-state index in [1.54, 1.807) is 0 Å². The Hall–Kier alpha value is -3.47. The summed E-state index contributed by atoms with van der Waals surface area (Å²) in [7, 11) is 0. The van der Waals surface area contributed by atoms with Gasteiger partial charge < -0.3 is 9.73 Å². The lowest BCUT2D eigenvalue weighted by Gasteiger charge is -2.08. The molecule has 0 bridgehead atoms. The van der Waals surface area contributed by atoms with E-state index in [1.807, 2.05) is 67.6 Å². The van der Waals surface area contributed by atoms with Gasteiger partial charge in [0.1, 0.15) is 5.76 Å². The number of rotatable bonds is 4. The van der Waals surface area contributed by atoms with Crippen LogP contribution in [0.15, 0.2) is 65.1 Å². The third-order valence-corrected chi connectivity index (χ3v) is 4.95. The number of pyridine rings is 1. The Labute approximate surface area is 162 Å². The van der Waals surface area contributed by atoms with Gasteiger partial charge in [-0.15, -0.1) is 0 Å². The van der Waals surface area contributed by atoms with E-state index in [-0.39, 0.29) is 11.8 Å². The Bertz CT molecular complexity index is 1180. The van der Waals surface area contributed by atoms with Crippen LogP contribution in [0.3, 0.4) is 0 Å². The monoisotopic (exact) mass is 369 g/mol. The number of oxazole rings is 1. The molecule has 2 aromatic carbocycles. The van der Waals surface area contributed by atoms with Gasteiger partial charge in [0, 0.05) is 22.6 Å². The van der Waals surface area contributed by atoms with Crippen molar-refractivity contribution in [1.29, 1.82) is 0 Å². The van der Waals surface area contributed by atoms with Crippen LogP contribution in [-0.2, 0) is 0 Å². The molecule has 0 unspecified atom stereocenters. The minimum absolute atomic E-state index is 0.261. The van der Waals surface area contributed by atoms with E-state index in [0.717, 1.165) is 35.0 Å². The Morgan fingerprint density at radius 1 is 1.00 bits per heavy atom. The summed E-state index contributed by atoms with van der Waals surface area (Å²) in [5.41, 5.74) is 3.59. The zero-order chi connectivity index (χ0) is 19.1. The number of hydrogen-bond donors (Lipinski definition) is 1. The lowest BCUT2D eigenvalue weighted by atomic mass is 10.1. The molecule has 1 amide bonds. The fraction of sp³-hybridized carbons (Fsp3) is 0.174. The molecule has 2 heterocycles. The van der Waals surface area contributed by atoms with Gasteiger partial charge in [-0.05, 0) is 44.0 Å². The Morgan fingerprint density at radius 3 is 2.61 bits per heavy atom. The molecular weight excluding hydrogens is 350 g/mol. The number of anilines is 1. The smallest absolute Gasteiger partial charge is 0.278 e. The maximum Gasteiger partial charge on any atom is 0.278 e. The molecule has 1 N–H and O–H groups in total. The summed E-state index contributed by atoms with van der Waals surface area (Å²) in [6.07, 6.45) is 2.05. The highest BCUT2D eigenvalue weighted by molar-refractivity contribution is 6.08. The third kappa shape index (κ3) is 3.05. The lowest BCUT2D eigenvalue weighted by molar-refractivity contribution is 0.102. The molecule has 2 aromatic heterocycles. The quantitative estimate of drug-likeness (QED) is 0.528. The fourth-order valence-electron chi connectivity index (χ4n) is 3.35. The standard InChI is InChI=1S/C23H19N3O2/c1-14-10-11-15-8-5-9-18(19(15)24-14)25-22(27)20-21(16-12-13-16)28-23(26-20)17-6-3-2-4-7-17/h2-11,16H,12-13H2,1H3,(H,25,27). The van der Waals surface area contributed by atoms with Crippen molar-refractivity contribution in [3.8, 4) is 11.5 Å². The third-order valence-electron chi connectivity index (χ3n) is 4.95. The van der Waals surface area contributed by atoms with Crippen LogP contribution in [0, 0.1) is 6.92 Å². The Morgan fingerprint density at radius 2 is 1.82 bits per heavy atom. The minimum Gasteiger partial charge on any atom is -0.440 e. The highest BCUT2D eigenvalue weighted by atomic mass is 16.4. The molecular formula is C23H19N3O2. The highest BCUT2D eigenvalue weighted by Gasteiger charge is 2.34. The van der Waals surface area contributed by atoms with Gasteiger partial charge in [0.2, 0.25) is 5.89 Å². The van der Waals surface area contributed by atoms with Gasteiger partial charge in [0.05, 0.1) is 11.2 Å². The first-order valence-corrected chi connectivity index (χ1v) is 9.43. The summed E-state index contributed by atoms with van der Waals surface area (Å²) in [5, 5.41) is 3.97. The van der Waals surface area contributed by atoms with Crippen molar-refractivity contribution in [2.75, 3.05) is 5.32 Å². The first-order valence-electron chi connectivity index (χ1n) is 9.43. The summed E-state index contributed by atoms with van der Waals surface area (Å²) in [6, 6.07) is 19.4. The van der Waals surface area contributed by atoms with Crippen molar-refractivity contribution in [3.05, 3.63) is 77.8 Å². The highest BCUT2D eigenvalue weighted by Crippen LogP contribution is 2.43. The van der Waals surface area contributed by atoms with Crippen LogP contribution in [0.25, 0.3) is 22.4 Å². The predicted octanol–water partition coefficient (Wildman–Crippen LogP) is 5.33. The van der Waals surface area contributed by atoms with Crippen LogP contribution in [0.2, 0.25) is 0 Å². The first-order chi connectivity index (χ1) is 13.7. The van der Waals surface area contributed by atoms with Crippen LogP contribution in [0.1, 0.15) is 40.7 Å². The fourth-order valence-corrected chi connectivity index (χ4v) is 3.35. The summed E-state index contributed by atoms with van der Waals surface area (Å²) >= 11 is 0. The van der Waals surface area contributed by atoms with Crippen molar-refractivity contribution < 1.29 is 9.21 Å². The molecule has 0 radical (unpaired) electrons. The number of hydrogen-bond acceptors (Lipinski definition) is 4. The molecule has 1 fully saturated rings. The van der Waals surface area contributed by atoms with Gasteiger partial charge >= 0.3 is 0 Å². The molecule has 1 aliphatic rings. The summed E-state index contributed by atoms with van der Waals surface area (Å²) in [4.78, 5) is 22.2. The maximum absolute atomic E-state index is 13.1. The topological polar surface area (TPSA) is 68.0 Å². The number of para-hydroxylation sites is 1. The Balaban J connectivity index is 1.52. The van der Waals surface area contributed by atoms with Gasteiger partial charge in [0.25, 0.3) is 5.91 Å². The zero-order valence-corrected chi connectivity index (χ0v) is 15.5. The second-order valence-corrected chi connectivity index (χ2v) is 7.16. The summed E-state index contributed by atoms with van der Waals surface area (Å²) in [6.45, 7) is 1.94. The van der Waals surface area contributed by atoms with Crippen molar-refractivity contribution >= 4 is 22.5 Å². The average Bonchev–Trinajstić information content (AvgIpc) is 3.47. The number of amides is 1.